The summed E-state index contributed by atoms with van der Waals surface area (Å²) in [5.41, 5.74) is 6.46. The number of hydrogen-bond acceptors (Lipinski definition) is 4. The molecule has 3 rings (SSSR count). The van der Waals surface area contributed by atoms with Gasteiger partial charge in [0.1, 0.15) is 5.70 Å². The summed E-state index contributed by atoms with van der Waals surface area (Å²) < 4.78 is 5.29. The molecule has 20 heavy (non-hydrogen) atoms. The van der Waals surface area contributed by atoms with Crippen molar-refractivity contribution in [3.63, 3.8) is 0 Å². The van der Waals surface area contributed by atoms with Gasteiger partial charge in [-0.25, -0.2) is 0 Å². The summed E-state index contributed by atoms with van der Waals surface area (Å²) in [5.74, 6) is -0.837. The monoisotopic (exact) mass is 273 g/mol. The molecule has 0 radical (unpaired) electrons. The highest BCUT2D eigenvalue weighted by Gasteiger charge is 2.34. The Kier molecular flexibility index (Phi) is 3.48. The number of carbonyl (C=O) groups excluding carboxylic acids is 2. The van der Waals surface area contributed by atoms with Gasteiger partial charge in [-0.1, -0.05) is 18.2 Å². The lowest BCUT2D eigenvalue weighted by atomic mass is 9.87. The van der Waals surface area contributed by atoms with Crippen LogP contribution in [0.5, 0.6) is 0 Å². The minimum Gasteiger partial charge on any atom is -0.379 e. The van der Waals surface area contributed by atoms with Crippen LogP contribution in [0.3, 0.4) is 0 Å². The number of fused-ring (bicyclic) bond motifs is 1. The summed E-state index contributed by atoms with van der Waals surface area (Å²) in [4.78, 5) is 26.6. The largest absolute Gasteiger partial charge is 0.379 e. The minimum atomic E-state index is -0.420. The van der Waals surface area contributed by atoms with Gasteiger partial charge in [-0.3, -0.25) is 14.5 Å². The normalized spacial score (nSPS) is 20.2. The molecule has 0 saturated carbocycles. The highest BCUT2D eigenvalue weighted by molar-refractivity contribution is 6.52. The second kappa shape index (κ2) is 5.28. The van der Waals surface area contributed by atoms with Gasteiger partial charge < -0.3 is 10.5 Å². The van der Waals surface area contributed by atoms with Gasteiger partial charge in [-0.2, -0.15) is 0 Å². The van der Waals surface area contributed by atoms with Gasteiger partial charge >= 0.3 is 0 Å². The molecule has 0 aromatic heterocycles. The van der Waals surface area contributed by atoms with Crippen LogP contribution in [-0.2, 0) is 9.53 Å². The van der Waals surface area contributed by atoms with Crippen LogP contribution >= 0.6 is 0 Å². The van der Waals surface area contributed by atoms with Gasteiger partial charge in [-0.05, 0) is 6.07 Å². The molecule has 1 aromatic carbocycles. The molecule has 3 N–H and O–H groups in total. The van der Waals surface area contributed by atoms with Crippen molar-refractivity contribution in [3.05, 3.63) is 41.0 Å². The first-order chi connectivity index (χ1) is 9.68. The fourth-order valence-electron chi connectivity index (χ4n) is 2.65. The number of ketones is 2. The van der Waals surface area contributed by atoms with Crippen molar-refractivity contribution in [1.29, 1.82) is 0 Å². The van der Waals surface area contributed by atoms with Crippen molar-refractivity contribution in [3.8, 4) is 0 Å². The standard InChI is InChI=1S/C15H16N2O3/c16-13-10-3-1-2-4-11(10)14(18)15(19)12(13)9-17-5-7-20-8-6-17/h1-4H,5-9,16H2/p+1. The number of ether oxygens (including phenoxy) is 1. The van der Waals surface area contributed by atoms with Crippen LogP contribution in [0.25, 0.3) is 5.70 Å². The molecule has 0 atom stereocenters. The fraction of sp³-hybridized carbons (Fsp3) is 0.333. The number of morpholine rings is 1. The molecular weight excluding hydrogens is 256 g/mol. The number of hydrogen-bond donors (Lipinski definition) is 1. The lowest BCUT2D eigenvalue weighted by Gasteiger charge is -2.28. The molecule has 0 bridgehead atoms. The van der Waals surface area contributed by atoms with E-state index in [4.69, 9.17) is 4.74 Å². The number of quaternary nitrogens is 1. The van der Waals surface area contributed by atoms with E-state index in [-0.39, 0.29) is 0 Å². The molecule has 0 spiro atoms. The van der Waals surface area contributed by atoms with E-state index in [0.717, 1.165) is 18.7 Å². The molecule has 1 fully saturated rings. The lowest BCUT2D eigenvalue weighted by Crippen LogP contribution is -2.52. The Morgan fingerprint density at radius 1 is 1.05 bits per heavy atom. The number of nitrogens with zero attached hydrogens (tertiary/aromatic N) is 1. The Balaban J connectivity index is 1.96. The Hall–Kier alpha value is -1.82. The molecular formula is C15H17N2O3+. The van der Waals surface area contributed by atoms with Crippen LogP contribution in [0.15, 0.2) is 29.8 Å². The van der Waals surface area contributed by atoms with E-state index in [1.807, 2.05) is 12.1 Å². The third-order valence-corrected chi connectivity index (χ3v) is 3.83. The van der Waals surface area contributed by atoms with Crippen molar-refractivity contribution >= 4 is 17.3 Å². The zero-order valence-electron chi connectivity index (χ0n) is 11.2. The maximum absolute atomic E-state index is 12.3. The average Bonchev–Trinajstić information content (AvgIpc) is 2.50. The fourth-order valence-corrected chi connectivity index (χ4v) is 2.65. The Morgan fingerprint density at radius 3 is 2.40 bits per heavy atom. The number of benzene rings is 1. The molecule has 1 aliphatic carbocycles. The van der Waals surface area contributed by atoms with Gasteiger partial charge in [0.05, 0.1) is 18.8 Å². The summed E-state index contributed by atoms with van der Waals surface area (Å²) in [6, 6.07) is 7.16. The molecule has 5 heteroatoms. The van der Waals surface area contributed by atoms with Gasteiger partial charge in [0.15, 0.2) is 0 Å². The molecule has 0 amide bonds. The van der Waals surface area contributed by atoms with Crippen molar-refractivity contribution < 1.29 is 20.1 Å². The van der Waals surface area contributed by atoms with E-state index >= 15 is 0 Å². The van der Waals surface area contributed by atoms with Crippen molar-refractivity contribution in [2.24, 2.45) is 0 Å². The quantitative estimate of drug-likeness (QED) is 0.753. The summed E-state index contributed by atoms with van der Waals surface area (Å²) in [6.07, 6.45) is 0. The number of carbonyl (C=O) groups is 2. The van der Waals surface area contributed by atoms with Gasteiger partial charge in [0.25, 0.3) is 0 Å². The molecule has 104 valence electrons. The predicted molar refractivity (Wildman–Crippen MR) is 72.8 cm³/mol. The van der Waals surface area contributed by atoms with Crippen LogP contribution in [0.4, 0.5) is 0 Å². The number of Topliss-reactive ketones (excluding diaryl/α,β-unsaturated/α-hetero) is 2. The van der Waals surface area contributed by atoms with E-state index in [0.29, 0.717) is 36.6 Å². The van der Waals surface area contributed by atoms with Crippen LogP contribution in [-0.4, -0.2) is 49.3 Å². The first-order valence-corrected chi connectivity index (χ1v) is 6.72. The SMILES string of the molecule is [NH3+]C1=C(CN2CCOCC2)C(=O)C(=O)c2ccccc21. The highest BCUT2D eigenvalue weighted by atomic mass is 16.5. The van der Waals surface area contributed by atoms with Crippen LogP contribution in [0.1, 0.15) is 15.9 Å². The Morgan fingerprint density at radius 2 is 1.70 bits per heavy atom. The third-order valence-electron chi connectivity index (χ3n) is 3.83. The topological polar surface area (TPSA) is 74.2 Å². The zero-order valence-corrected chi connectivity index (χ0v) is 11.2. The van der Waals surface area contributed by atoms with E-state index < -0.39 is 11.6 Å². The number of rotatable bonds is 2. The molecule has 1 heterocycles. The van der Waals surface area contributed by atoms with Crippen LogP contribution < -0.4 is 5.73 Å². The highest BCUT2D eigenvalue weighted by Crippen LogP contribution is 2.25. The summed E-state index contributed by atoms with van der Waals surface area (Å²) in [6.45, 7) is 3.36. The second-order valence-corrected chi connectivity index (χ2v) is 5.05. The molecule has 1 aliphatic heterocycles. The Bertz CT molecular complexity index is 601. The summed E-state index contributed by atoms with van der Waals surface area (Å²) in [7, 11) is 0. The molecule has 1 saturated heterocycles. The van der Waals surface area contributed by atoms with Crippen molar-refractivity contribution in [2.75, 3.05) is 32.8 Å². The summed E-state index contributed by atoms with van der Waals surface area (Å²) >= 11 is 0. The predicted octanol–water partition coefficient (Wildman–Crippen LogP) is -0.263. The third kappa shape index (κ3) is 2.20. The maximum atomic E-state index is 12.3. The van der Waals surface area contributed by atoms with E-state index in [1.54, 1.807) is 12.1 Å². The van der Waals surface area contributed by atoms with E-state index in [9.17, 15) is 9.59 Å². The van der Waals surface area contributed by atoms with Crippen LogP contribution in [0, 0.1) is 0 Å². The second-order valence-electron chi connectivity index (χ2n) is 5.05. The van der Waals surface area contributed by atoms with Gasteiger partial charge in [0.2, 0.25) is 11.6 Å². The average molecular weight is 273 g/mol. The Labute approximate surface area is 117 Å². The van der Waals surface area contributed by atoms with E-state index in [1.165, 1.54) is 0 Å². The smallest absolute Gasteiger partial charge is 0.236 e. The van der Waals surface area contributed by atoms with Crippen molar-refractivity contribution in [2.45, 2.75) is 0 Å². The lowest BCUT2D eigenvalue weighted by molar-refractivity contribution is -0.245. The van der Waals surface area contributed by atoms with Gasteiger partial charge in [0, 0.05) is 30.8 Å². The molecule has 5 nitrogen and oxygen atoms in total. The molecule has 1 aromatic rings. The minimum absolute atomic E-state index is 0.416. The van der Waals surface area contributed by atoms with E-state index in [2.05, 4.69) is 10.6 Å². The maximum Gasteiger partial charge on any atom is 0.236 e. The first-order valence-electron chi connectivity index (χ1n) is 6.72. The zero-order chi connectivity index (χ0) is 14.1. The van der Waals surface area contributed by atoms with Crippen LogP contribution in [0.2, 0.25) is 0 Å². The van der Waals surface area contributed by atoms with Gasteiger partial charge in [-0.15, -0.1) is 0 Å². The first kappa shape index (κ1) is 13.2. The summed E-state index contributed by atoms with van der Waals surface area (Å²) in [5, 5.41) is 0. The molecule has 2 aliphatic rings. The van der Waals surface area contributed by atoms with Crippen molar-refractivity contribution in [1.82, 2.24) is 4.90 Å². The molecule has 0 unspecified atom stereocenters.